The van der Waals surface area contributed by atoms with E-state index in [2.05, 4.69) is 10.3 Å². The van der Waals surface area contributed by atoms with E-state index in [1.165, 1.54) is 12.8 Å². The third kappa shape index (κ3) is 5.22. The Morgan fingerprint density at radius 2 is 2.09 bits per heavy atom. The van der Waals surface area contributed by atoms with Gasteiger partial charge in [0.25, 0.3) is 0 Å². The molecule has 0 bridgehead atoms. The quantitative estimate of drug-likeness (QED) is 0.600. The Labute approximate surface area is 132 Å². The van der Waals surface area contributed by atoms with Crippen molar-refractivity contribution in [3.8, 4) is 5.75 Å². The molecule has 0 spiro atoms. The third-order valence-corrected chi connectivity index (χ3v) is 3.80. The van der Waals surface area contributed by atoms with Crippen molar-refractivity contribution in [2.24, 2.45) is 10.7 Å². The third-order valence-electron chi connectivity index (χ3n) is 3.80. The van der Waals surface area contributed by atoms with Crippen LogP contribution in [0.5, 0.6) is 5.75 Å². The van der Waals surface area contributed by atoms with Crippen LogP contribution in [0.1, 0.15) is 38.2 Å². The van der Waals surface area contributed by atoms with Crippen molar-refractivity contribution in [2.75, 3.05) is 13.7 Å². The van der Waals surface area contributed by atoms with Crippen LogP contribution < -0.4 is 15.8 Å². The zero-order chi connectivity index (χ0) is 15.8. The van der Waals surface area contributed by atoms with Gasteiger partial charge in [-0.2, -0.15) is 0 Å². The van der Waals surface area contributed by atoms with Gasteiger partial charge in [0.15, 0.2) is 5.96 Å². The molecule has 0 saturated heterocycles. The SMILES string of the molecule is COCC(C)NC(N)=NCc1ccccc1OC1CCCC1. The molecular weight excluding hydrogens is 278 g/mol. The fourth-order valence-corrected chi connectivity index (χ4v) is 2.70. The van der Waals surface area contributed by atoms with E-state index in [9.17, 15) is 0 Å². The Morgan fingerprint density at radius 3 is 2.82 bits per heavy atom. The van der Waals surface area contributed by atoms with Crippen molar-refractivity contribution < 1.29 is 9.47 Å². The first-order valence-electron chi connectivity index (χ1n) is 7.99. The number of nitrogens with zero attached hydrogens (tertiary/aromatic N) is 1. The molecule has 0 radical (unpaired) electrons. The van der Waals surface area contributed by atoms with Crippen molar-refractivity contribution in [1.82, 2.24) is 5.32 Å². The van der Waals surface area contributed by atoms with E-state index in [1.54, 1.807) is 7.11 Å². The van der Waals surface area contributed by atoms with Crippen molar-refractivity contribution in [3.63, 3.8) is 0 Å². The van der Waals surface area contributed by atoms with Gasteiger partial charge in [0.1, 0.15) is 5.75 Å². The van der Waals surface area contributed by atoms with Crippen molar-refractivity contribution in [2.45, 2.75) is 51.3 Å². The smallest absolute Gasteiger partial charge is 0.189 e. The summed E-state index contributed by atoms with van der Waals surface area (Å²) in [5, 5.41) is 3.11. The number of methoxy groups -OCH3 is 1. The van der Waals surface area contributed by atoms with Gasteiger partial charge in [-0.1, -0.05) is 18.2 Å². The fraction of sp³-hybridized carbons (Fsp3) is 0.588. The molecule has 0 amide bonds. The number of aliphatic imine (C=N–C) groups is 1. The molecular formula is C17H27N3O2. The second-order valence-corrected chi connectivity index (χ2v) is 5.83. The molecule has 1 unspecified atom stereocenters. The monoisotopic (exact) mass is 305 g/mol. The topological polar surface area (TPSA) is 68.9 Å². The van der Waals surface area contributed by atoms with Crippen LogP contribution in [-0.2, 0) is 11.3 Å². The minimum atomic E-state index is 0.138. The predicted octanol–water partition coefficient (Wildman–Crippen LogP) is 2.45. The van der Waals surface area contributed by atoms with E-state index in [0.29, 0.717) is 25.2 Å². The molecule has 22 heavy (non-hydrogen) atoms. The summed E-state index contributed by atoms with van der Waals surface area (Å²) in [6, 6.07) is 8.20. The van der Waals surface area contributed by atoms with Gasteiger partial charge >= 0.3 is 0 Å². The number of hydrogen-bond donors (Lipinski definition) is 2. The zero-order valence-corrected chi connectivity index (χ0v) is 13.5. The Kier molecular flexibility index (Phi) is 6.52. The van der Waals surface area contributed by atoms with Crippen LogP contribution in [0.25, 0.3) is 0 Å². The summed E-state index contributed by atoms with van der Waals surface area (Å²) in [5.74, 6) is 1.36. The molecule has 1 aromatic carbocycles. The fourth-order valence-electron chi connectivity index (χ4n) is 2.70. The van der Waals surface area contributed by atoms with E-state index < -0.39 is 0 Å². The summed E-state index contributed by atoms with van der Waals surface area (Å²) in [4.78, 5) is 4.40. The minimum Gasteiger partial charge on any atom is -0.490 e. The van der Waals surface area contributed by atoms with E-state index >= 15 is 0 Å². The zero-order valence-electron chi connectivity index (χ0n) is 13.5. The predicted molar refractivity (Wildman–Crippen MR) is 89.1 cm³/mol. The lowest BCUT2D eigenvalue weighted by atomic mass is 10.2. The van der Waals surface area contributed by atoms with Crippen LogP contribution in [-0.4, -0.2) is 31.8 Å². The molecule has 1 aromatic rings. The van der Waals surface area contributed by atoms with E-state index in [0.717, 1.165) is 24.2 Å². The van der Waals surface area contributed by atoms with Crippen LogP contribution >= 0.6 is 0 Å². The first-order chi connectivity index (χ1) is 10.7. The number of guanidine groups is 1. The van der Waals surface area contributed by atoms with Gasteiger partial charge in [0, 0.05) is 18.7 Å². The number of nitrogens with one attached hydrogen (secondary N) is 1. The molecule has 0 heterocycles. The maximum Gasteiger partial charge on any atom is 0.189 e. The second kappa shape index (κ2) is 8.63. The summed E-state index contributed by atoms with van der Waals surface area (Å²) < 4.78 is 11.2. The normalized spacial score (nSPS) is 17.5. The van der Waals surface area contributed by atoms with Gasteiger partial charge in [-0.25, -0.2) is 4.99 Å². The molecule has 0 aromatic heterocycles. The Balaban J connectivity index is 1.93. The molecule has 2 rings (SSSR count). The molecule has 122 valence electrons. The highest BCUT2D eigenvalue weighted by atomic mass is 16.5. The first-order valence-corrected chi connectivity index (χ1v) is 7.99. The van der Waals surface area contributed by atoms with Gasteiger partial charge in [-0.05, 0) is 38.7 Å². The molecule has 5 heteroatoms. The summed E-state index contributed by atoms with van der Waals surface area (Å²) in [7, 11) is 1.67. The highest BCUT2D eigenvalue weighted by Gasteiger charge is 2.17. The number of hydrogen-bond acceptors (Lipinski definition) is 3. The maximum atomic E-state index is 6.11. The molecule has 0 aliphatic heterocycles. The Morgan fingerprint density at radius 1 is 1.36 bits per heavy atom. The number of ether oxygens (including phenoxy) is 2. The van der Waals surface area contributed by atoms with Gasteiger partial charge in [-0.15, -0.1) is 0 Å². The molecule has 1 fully saturated rings. The highest BCUT2D eigenvalue weighted by molar-refractivity contribution is 5.78. The lowest BCUT2D eigenvalue weighted by molar-refractivity contribution is 0.179. The number of rotatable bonds is 7. The van der Waals surface area contributed by atoms with Crippen LogP contribution in [0, 0.1) is 0 Å². The number of para-hydroxylation sites is 1. The Bertz CT molecular complexity index is 485. The summed E-state index contributed by atoms with van der Waals surface area (Å²) in [6.07, 6.45) is 5.17. The average Bonchev–Trinajstić information content (AvgIpc) is 2.99. The van der Waals surface area contributed by atoms with Gasteiger partial charge < -0.3 is 20.5 Å². The second-order valence-electron chi connectivity index (χ2n) is 5.83. The number of benzene rings is 1. The lowest BCUT2D eigenvalue weighted by Crippen LogP contribution is -2.40. The largest absolute Gasteiger partial charge is 0.490 e. The molecule has 3 N–H and O–H groups in total. The van der Waals surface area contributed by atoms with Crippen LogP contribution in [0.2, 0.25) is 0 Å². The van der Waals surface area contributed by atoms with Gasteiger partial charge in [0.2, 0.25) is 0 Å². The highest BCUT2D eigenvalue weighted by Crippen LogP contribution is 2.26. The van der Waals surface area contributed by atoms with E-state index in [1.807, 2.05) is 31.2 Å². The standard InChI is InChI=1S/C17H27N3O2/c1-13(12-21-2)20-17(18)19-11-14-7-3-6-10-16(14)22-15-8-4-5-9-15/h3,6-7,10,13,15H,4-5,8-9,11-12H2,1-2H3,(H3,18,19,20). The summed E-state index contributed by atoms with van der Waals surface area (Å²) >= 11 is 0. The van der Waals surface area contributed by atoms with Crippen LogP contribution in [0.3, 0.4) is 0 Å². The molecule has 1 atom stereocenters. The molecule has 5 nitrogen and oxygen atoms in total. The average molecular weight is 305 g/mol. The Hall–Kier alpha value is -1.75. The van der Waals surface area contributed by atoms with Crippen molar-refractivity contribution in [1.29, 1.82) is 0 Å². The summed E-state index contributed by atoms with van der Waals surface area (Å²) in [5.41, 5.74) is 6.98. The number of nitrogens with two attached hydrogens (primary N) is 1. The van der Waals surface area contributed by atoms with Gasteiger partial charge in [0.05, 0.1) is 19.3 Å². The van der Waals surface area contributed by atoms with E-state index in [-0.39, 0.29) is 6.04 Å². The first kappa shape index (κ1) is 16.6. The molecule has 1 saturated carbocycles. The van der Waals surface area contributed by atoms with Gasteiger partial charge in [-0.3, -0.25) is 0 Å². The van der Waals surface area contributed by atoms with E-state index in [4.69, 9.17) is 15.2 Å². The molecule has 1 aliphatic rings. The maximum absolute atomic E-state index is 6.11. The lowest BCUT2D eigenvalue weighted by Gasteiger charge is -2.16. The summed E-state index contributed by atoms with van der Waals surface area (Å²) in [6.45, 7) is 3.11. The van der Waals surface area contributed by atoms with Crippen molar-refractivity contribution in [3.05, 3.63) is 29.8 Å². The molecule has 1 aliphatic carbocycles. The minimum absolute atomic E-state index is 0.138. The van der Waals surface area contributed by atoms with Crippen LogP contribution in [0.4, 0.5) is 0 Å². The van der Waals surface area contributed by atoms with Crippen molar-refractivity contribution >= 4 is 5.96 Å². The van der Waals surface area contributed by atoms with Crippen LogP contribution in [0.15, 0.2) is 29.3 Å².